The van der Waals surface area contributed by atoms with Crippen LogP contribution >= 0.6 is 0 Å². The molecule has 0 fully saturated rings. The first kappa shape index (κ1) is 11.3. The summed E-state index contributed by atoms with van der Waals surface area (Å²) in [7, 11) is 0. The van der Waals surface area contributed by atoms with Crippen LogP contribution in [0.15, 0.2) is 59.3 Å². The van der Waals surface area contributed by atoms with E-state index in [-0.39, 0.29) is 0 Å². The molecule has 0 amide bonds. The Bertz CT molecular complexity index is 404. The monoisotopic (exact) mass is 196 g/mol. The first-order chi connectivity index (χ1) is 7.27. The van der Waals surface area contributed by atoms with Crippen molar-refractivity contribution in [1.29, 1.82) is 0 Å². The molecule has 0 saturated heterocycles. The predicted octanol–water partition coefficient (Wildman–Crippen LogP) is 3.95. The molecule has 15 heavy (non-hydrogen) atoms. The molecule has 0 aliphatic heterocycles. The predicted molar refractivity (Wildman–Crippen MR) is 67.3 cm³/mol. The van der Waals surface area contributed by atoms with Crippen LogP contribution in [0.4, 0.5) is 0 Å². The third kappa shape index (κ3) is 3.48. The second-order valence-corrected chi connectivity index (χ2v) is 3.45. The molecule has 0 saturated carbocycles. The van der Waals surface area contributed by atoms with Crippen molar-refractivity contribution in [2.24, 2.45) is 0 Å². The Morgan fingerprint density at radius 2 is 2.33 bits per heavy atom. The Kier molecular flexibility index (Phi) is 4.44. The smallest absolute Gasteiger partial charge is 0.00432 e. The van der Waals surface area contributed by atoms with Crippen molar-refractivity contribution >= 4 is 0 Å². The molecule has 1 rings (SSSR count). The number of hydrogen-bond donors (Lipinski definition) is 0. The maximum Gasteiger partial charge on any atom is -0.00432 e. The van der Waals surface area contributed by atoms with Crippen molar-refractivity contribution in [3.8, 4) is 12.3 Å². The van der Waals surface area contributed by atoms with Gasteiger partial charge in [-0.2, -0.15) is 0 Å². The van der Waals surface area contributed by atoms with Gasteiger partial charge in [0.25, 0.3) is 0 Å². The number of allylic oxidation sites excluding steroid dienone is 10. The molecule has 0 aromatic rings. The third-order valence-electron chi connectivity index (χ3n) is 2.16. The van der Waals surface area contributed by atoms with Gasteiger partial charge in [0, 0.05) is 0 Å². The van der Waals surface area contributed by atoms with Gasteiger partial charge in [-0.25, -0.2) is 0 Å². The molecule has 1 aliphatic rings. The second kappa shape index (κ2) is 5.88. The van der Waals surface area contributed by atoms with Gasteiger partial charge in [-0.05, 0) is 37.5 Å². The molecule has 0 radical (unpaired) electrons. The summed E-state index contributed by atoms with van der Waals surface area (Å²) >= 11 is 0. The summed E-state index contributed by atoms with van der Waals surface area (Å²) in [6, 6.07) is 0. The minimum Gasteiger partial charge on any atom is -0.115 e. The van der Waals surface area contributed by atoms with Crippen LogP contribution in [0.5, 0.6) is 0 Å². The van der Waals surface area contributed by atoms with Gasteiger partial charge in [0.15, 0.2) is 0 Å². The van der Waals surface area contributed by atoms with Crippen molar-refractivity contribution in [3.05, 3.63) is 59.3 Å². The summed E-state index contributed by atoms with van der Waals surface area (Å²) in [6.07, 6.45) is 20.8. The number of hydrogen-bond acceptors (Lipinski definition) is 0. The highest BCUT2D eigenvalue weighted by molar-refractivity contribution is 5.51. The molecule has 0 unspecified atom stereocenters. The van der Waals surface area contributed by atoms with Gasteiger partial charge >= 0.3 is 0 Å². The van der Waals surface area contributed by atoms with E-state index in [4.69, 9.17) is 6.42 Å². The lowest BCUT2D eigenvalue weighted by molar-refractivity contribution is 1.36. The van der Waals surface area contributed by atoms with Crippen LogP contribution in [0.2, 0.25) is 0 Å². The molecular formula is C15H16. The van der Waals surface area contributed by atoms with Crippen molar-refractivity contribution in [2.45, 2.75) is 20.3 Å². The molecule has 0 nitrogen and oxygen atoms in total. The summed E-state index contributed by atoms with van der Waals surface area (Å²) in [5.74, 6) is 2.58. The molecule has 0 bridgehead atoms. The molecule has 0 spiro atoms. The fraction of sp³-hybridized carbons (Fsp3) is 0.200. The zero-order chi connectivity index (χ0) is 11.1. The minimum atomic E-state index is 0.961. The van der Waals surface area contributed by atoms with E-state index in [0.717, 1.165) is 12.0 Å². The lowest BCUT2D eigenvalue weighted by atomic mass is 10.0. The molecule has 0 heterocycles. The van der Waals surface area contributed by atoms with Crippen LogP contribution < -0.4 is 0 Å². The number of terminal acetylenes is 1. The quantitative estimate of drug-likeness (QED) is 0.463. The summed E-state index contributed by atoms with van der Waals surface area (Å²) in [6.45, 7) is 4.09. The first-order valence-corrected chi connectivity index (χ1v) is 5.12. The summed E-state index contributed by atoms with van der Waals surface area (Å²) in [4.78, 5) is 0. The molecular weight excluding hydrogens is 180 g/mol. The van der Waals surface area contributed by atoms with Gasteiger partial charge in [0.2, 0.25) is 0 Å². The van der Waals surface area contributed by atoms with Crippen LogP contribution in [0, 0.1) is 12.3 Å². The van der Waals surface area contributed by atoms with Crippen molar-refractivity contribution in [2.75, 3.05) is 0 Å². The van der Waals surface area contributed by atoms with E-state index in [1.807, 2.05) is 19.1 Å². The average molecular weight is 196 g/mol. The Hall–Kier alpha value is -1.74. The zero-order valence-electron chi connectivity index (χ0n) is 9.33. The van der Waals surface area contributed by atoms with E-state index < -0.39 is 0 Å². The van der Waals surface area contributed by atoms with Gasteiger partial charge in [0.05, 0.1) is 0 Å². The van der Waals surface area contributed by atoms with E-state index in [1.165, 1.54) is 11.1 Å². The molecule has 0 N–H and O–H groups in total. The SMILES string of the molecule is C#C/C=C(\C=C/C)C1=CCC=CC(C)=C1. The normalized spacial score (nSPS) is 17.0. The Labute approximate surface area is 92.4 Å². The summed E-state index contributed by atoms with van der Waals surface area (Å²) < 4.78 is 0. The van der Waals surface area contributed by atoms with E-state index in [9.17, 15) is 0 Å². The first-order valence-electron chi connectivity index (χ1n) is 5.12. The van der Waals surface area contributed by atoms with Crippen LogP contribution in [-0.2, 0) is 0 Å². The molecule has 0 heteroatoms. The number of rotatable bonds is 2. The largest absolute Gasteiger partial charge is 0.115 e. The van der Waals surface area contributed by atoms with Gasteiger partial charge in [-0.15, -0.1) is 6.42 Å². The van der Waals surface area contributed by atoms with E-state index in [2.05, 4.69) is 37.1 Å². The lowest BCUT2D eigenvalue weighted by Crippen LogP contribution is -1.83. The van der Waals surface area contributed by atoms with Crippen LogP contribution in [0.3, 0.4) is 0 Å². The lowest BCUT2D eigenvalue weighted by Gasteiger charge is -2.02. The van der Waals surface area contributed by atoms with Gasteiger partial charge in [0.1, 0.15) is 0 Å². The Morgan fingerprint density at radius 3 is 3.00 bits per heavy atom. The van der Waals surface area contributed by atoms with Crippen LogP contribution in [0.25, 0.3) is 0 Å². The van der Waals surface area contributed by atoms with Crippen molar-refractivity contribution < 1.29 is 0 Å². The third-order valence-corrected chi connectivity index (χ3v) is 2.16. The molecule has 76 valence electrons. The molecule has 1 aliphatic carbocycles. The van der Waals surface area contributed by atoms with Crippen LogP contribution in [-0.4, -0.2) is 0 Å². The van der Waals surface area contributed by atoms with E-state index in [0.29, 0.717) is 0 Å². The minimum absolute atomic E-state index is 0.961. The van der Waals surface area contributed by atoms with Gasteiger partial charge in [-0.1, -0.05) is 47.9 Å². The van der Waals surface area contributed by atoms with E-state index >= 15 is 0 Å². The molecule has 0 aromatic carbocycles. The molecule has 0 atom stereocenters. The fourth-order valence-electron chi connectivity index (χ4n) is 1.50. The fourth-order valence-corrected chi connectivity index (χ4v) is 1.50. The topological polar surface area (TPSA) is 0 Å². The van der Waals surface area contributed by atoms with E-state index in [1.54, 1.807) is 6.08 Å². The Balaban J connectivity index is 3.06. The van der Waals surface area contributed by atoms with Crippen molar-refractivity contribution in [1.82, 2.24) is 0 Å². The van der Waals surface area contributed by atoms with Crippen LogP contribution in [0.1, 0.15) is 20.3 Å². The van der Waals surface area contributed by atoms with Gasteiger partial charge in [-0.3, -0.25) is 0 Å². The Morgan fingerprint density at radius 1 is 1.53 bits per heavy atom. The van der Waals surface area contributed by atoms with Crippen molar-refractivity contribution in [3.63, 3.8) is 0 Å². The zero-order valence-corrected chi connectivity index (χ0v) is 9.33. The standard InChI is InChI=1S/C15H16/c1-4-8-14(9-5-2)15-11-7-6-10-13(3)12-15/h1,5-6,8-12H,7H2,2-3H3/b9-5-,14-8+. The maximum atomic E-state index is 5.32. The highest BCUT2D eigenvalue weighted by Gasteiger charge is 2.00. The molecule has 0 aromatic heterocycles. The highest BCUT2D eigenvalue weighted by Crippen LogP contribution is 2.19. The summed E-state index contributed by atoms with van der Waals surface area (Å²) in [5.41, 5.74) is 3.56. The average Bonchev–Trinajstić information content (AvgIpc) is 2.42. The highest BCUT2D eigenvalue weighted by atomic mass is 14.0. The summed E-state index contributed by atoms with van der Waals surface area (Å²) in [5, 5.41) is 0. The second-order valence-electron chi connectivity index (χ2n) is 3.45. The van der Waals surface area contributed by atoms with Gasteiger partial charge < -0.3 is 0 Å². The maximum absolute atomic E-state index is 5.32.